The largest absolute Gasteiger partial charge is 0.388 e. The van der Waals surface area contributed by atoms with Gasteiger partial charge in [0.1, 0.15) is 5.56 Å². The third-order valence-electron chi connectivity index (χ3n) is 4.38. The maximum atomic E-state index is 12.8. The van der Waals surface area contributed by atoms with Gasteiger partial charge in [-0.25, -0.2) is 0 Å². The monoisotopic (exact) mass is 316 g/mol. The van der Waals surface area contributed by atoms with Crippen LogP contribution in [0, 0.1) is 6.92 Å². The second-order valence-corrected chi connectivity index (χ2v) is 5.79. The number of para-hydroxylation sites is 1. The lowest BCUT2D eigenvalue weighted by Crippen LogP contribution is -2.47. The molecule has 0 spiro atoms. The van der Waals surface area contributed by atoms with E-state index in [4.69, 9.17) is 4.74 Å². The number of aromatic amines is 1. The standard InChI is InChI=1S/C17H20N2O4/c1-3-19(13-8-23-9-14(13)20)17(22)12-7-18-15-10(2)5-4-6-11(15)16(12)21/h4-7,13-14,20H,3,8-9H2,1-2H3,(H,18,21)/t13-,14-/m1/s1. The van der Waals surface area contributed by atoms with Crippen LogP contribution >= 0.6 is 0 Å². The maximum Gasteiger partial charge on any atom is 0.259 e. The molecule has 2 aromatic rings. The SMILES string of the molecule is CCN(C(=O)c1c[nH]c2c(C)cccc2c1=O)[C@@H]1COC[C@H]1O. The molecular weight excluding hydrogens is 296 g/mol. The molecule has 23 heavy (non-hydrogen) atoms. The van der Waals surface area contributed by atoms with Gasteiger partial charge in [0.25, 0.3) is 5.91 Å². The van der Waals surface area contributed by atoms with E-state index in [-0.39, 0.29) is 30.1 Å². The molecule has 1 amide bonds. The van der Waals surface area contributed by atoms with Crippen molar-refractivity contribution in [3.05, 3.63) is 45.7 Å². The Hall–Kier alpha value is -2.18. The van der Waals surface area contributed by atoms with Gasteiger partial charge in [-0.2, -0.15) is 0 Å². The summed E-state index contributed by atoms with van der Waals surface area (Å²) < 4.78 is 5.22. The molecule has 1 aliphatic rings. The fraction of sp³-hybridized carbons (Fsp3) is 0.412. The molecule has 6 heteroatoms. The van der Waals surface area contributed by atoms with Crippen LogP contribution in [-0.4, -0.2) is 52.8 Å². The van der Waals surface area contributed by atoms with Gasteiger partial charge in [-0.1, -0.05) is 12.1 Å². The van der Waals surface area contributed by atoms with Crippen LogP contribution in [0.15, 0.2) is 29.2 Å². The number of nitrogens with zero attached hydrogens (tertiary/aromatic N) is 1. The summed E-state index contributed by atoms with van der Waals surface area (Å²) in [6, 6.07) is 5.00. The third kappa shape index (κ3) is 2.64. The molecule has 0 saturated carbocycles. The number of rotatable bonds is 3. The predicted octanol–water partition coefficient (Wildman–Crippen LogP) is 1.06. The number of H-pyrrole nitrogens is 1. The highest BCUT2D eigenvalue weighted by molar-refractivity contribution is 5.97. The highest BCUT2D eigenvalue weighted by Gasteiger charge is 2.34. The molecule has 0 aliphatic carbocycles. The lowest BCUT2D eigenvalue weighted by molar-refractivity contribution is 0.0519. The van der Waals surface area contributed by atoms with Crippen molar-refractivity contribution in [2.75, 3.05) is 19.8 Å². The number of fused-ring (bicyclic) bond motifs is 1. The smallest absolute Gasteiger partial charge is 0.259 e. The predicted molar refractivity (Wildman–Crippen MR) is 86.6 cm³/mol. The molecule has 0 radical (unpaired) electrons. The first kappa shape index (κ1) is 15.7. The molecule has 2 atom stereocenters. The fourth-order valence-electron chi connectivity index (χ4n) is 3.08. The number of nitrogens with one attached hydrogen (secondary N) is 1. The van der Waals surface area contributed by atoms with Crippen LogP contribution in [0.3, 0.4) is 0 Å². The zero-order valence-corrected chi connectivity index (χ0v) is 13.2. The Morgan fingerprint density at radius 1 is 1.43 bits per heavy atom. The Bertz CT molecular complexity index is 799. The van der Waals surface area contributed by atoms with Gasteiger partial charge in [-0.15, -0.1) is 0 Å². The lowest BCUT2D eigenvalue weighted by atomic mass is 10.1. The van der Waals surface area contributed by atoms with E-state index in [0.29, 0.717) is 11.9 Å². The molecule has 2 heterocycles. The van der Waals surface area contributed by atoms with Gasteiger partial charge in [0.05, 0.1) is 30.9 Å². The second-order valence-electron chi connectivity index (χ2n) is 5.79. The molecular formula is C17H20N2O4. The number of hydrogen-bond acceptors (Lipinski definition) is 4. The topological polar surface area (TPSA) is 82.6 Å². The van der Waals surface area contributed by atoms with Gasteiger partial charge in [-0.05, 0) is 25.5 Å². The molecule has 0 bridgehead atoms. The number of amides is 1. The Balaban J connectivity index is 2.03. The summed E-state index contributed by atoms with van der Waals surface area (Å²) in [5, 5.41) is 10.5. The molecule has 1 saturated heterocycles. The Kier molecular flexibility index (Phi) is 4.19. The van der Waals surface area contributed by atoms with Crippen LogP contribution in [0.1, 0.15) is 22.8 Å². The Labute approximate surface area is 133 Å². The van der Waals surface area contributed by atoms with Crippen molar-refractivity contribution in [1.82, 2.24) is 9.88 Å². The average Bonchev–Trinajstić information content (AvgIpc) is 2.95. The van der Waals surface area contributed by atoms with Crippen molar-refractivity contribution < 1.29 is 14.6 Å². The van der Waals surface area contributed by atoms with E-state index in [2.05, 4.69) is 4.98 Å². The number of hydrogen-bond donors (Lipinski definition) is 2. The zero-order valence-electron chi connectivity index (χ0n) is 13.2. The first-order chi connectivity index (χ1) is 11.0. The fourth-order valence-corrected chi connectivity index (χ4v) is 3.08. The number of carbonyl (C=O) groups excluding carboxylic acids is 1. The second kappa shape index (κ2) is 6.14. The highest BCUT2D eigenvalue weighted by atomic mass is 16.5. The minimum atomic E-state index is -0.722. The molecule has 122 valence electrons. The van der Waals surface area contributed by atoms with Crippen molar-refractivity contribution in [1.29, 1.82) is 0 Å². The van der Waals surface area contributed by atoms with Crippen molar-refractivity contribution in [2.45, 2.75) is 26.0 Å². The molecule has 1 aromatic carbocycles. The van der Waals surface area contributed by atoms with Gasteiger partial charge >= 0.3 is 0 Å². The third-order valence-corrected chi connectivity index (χ3v) is 4.38. The van der Waals surface area contributed by atoms with E-state index in [1.165, 1.54) is 11.1 Å². The van der Waals surface area contributed by atoms with Crippen LogP contribution in [0.2, 0.25) is 0 Å². The van der Waals surface area contributed by atoms with Gasteiger partial charge in [0.15, 0.2) is 0 Å². The zero-order chi connectivity index (χ0) is 16.6. The quantitative estimate of drug-likeness (QED) is 0.887. The first-order valence-corrected chi connectivity index (χ1v) is 7.72. The normalized spacial score (nSPS) is 20.8. The van der Waals surface area contributed by atoms with E-state index in [9.17, 15) is 14.7 Å². The Morgan fingerprint density at radius 2 is 2.22 bits per heavy atom. The number of benzene rings is 1. The summed E-state index contributed by atoms with van der Waals surface area (Å²) in [4.78, 5) is 30.0. The highest BCUT2D eigenvalue weighted by Crippen LogP contribution is 2.17. The van der Waals surface area contributed by atoms with E-state index < -0.39 is 12.1 Å². The lowest BCUT2D eigenvalue weighted by Gasteiger charge is -2.28. The first-order valence-electron chi connectivity index (χ1n) is 7.72. The summed E-state index contributed by atoms with van der Waals surface area (Å²) in [5.74, 6) is -0.383. The van der Waals surface area contributed by atoms with Gasteiger partial charge < -0.3 is 19.7 Å². The van der Waals surface area contributed by atoms with Gasteiger partial charge in [0, 0.05) is 18.1 Å². The molecule has 1 aliphatic heterocycles. The minimum absolute atomic E-state index is 0.0871. The van der Waals surface area contributed by atoms with Crippen molar-refractivity contribution >= 4 is 16.8 Å². The number of aliphatic hydroxyl groups excluding tert-OH is 1. The number of aliphatic hydroxyl groups is 1. The van der Waals surface area contributed by atoms with Crippen LogP contribution in [0.4, 0.5) is 0 Å². The molecule has 3 rings (SSSR count). The Morgan fingerprint density at radius 3 is 2.87 bits per heavy atom. The van der Waals surface area contributed by atoms with Crippen LogP contribution in [0.5, 0.6) is 0 Å². The van der Waals surface area contributed by atoms with Crippen molar-refractivity contribution in [2.24, 2.45) is 0 Å². The van der Waals surface area contributed by atoms with Crippen LogP contribution < -0.4 is 5.43 Å². The minimum Gasteiger partial charge on any atom is -0.388 e. The van der Waals surface area contributed by atoms with Crippen LogP contribution in [-0.2, 0) is 4.74 Å². The van der Waals surface area contributed by atoms with E-state index in [1.54, 1.807) is 12.1 Å². The van der Waals surface area contributed by atoms with E-state index in [0.717, 1.165) is 11.1 Å². The summed E-state index contributed by atoms with van der Waals surface area (Å²) in [5.41, 5.74) is 1.48. The molecule has 6 nitrogen and oxygen atoms in total. The number of aryl methyl sites for hydroxylation is 1. The number of carbonyl (C=O) groups is 1. The van der Waals surface area contributed by atoms with Crippen molar-refractivity contribution in [3.8, 4) is 0 Å². The summed E-state index contributed by atoms with van der Waals surface area (Å²) in [7, 11) is 0. The van der Waals surface area contributed by atoms with Crippen LogP contribution in [0.25, 0.3) is 10.9 Å². The number of pyridine rings is 1. The summed E-state index contributed by atoms with van der Waals surface area (Å²) >= 11 is 0. The molecule has 1 fully saturated rings. The summed E-state index contributed by atoms with van der Waals surface area (Å²) in [6.45, 7) is 4.62. The maximum absolute atomic E-state index is 12.8. The molecule has 1 aromatic heterocycles. The molecule has 0 unspecified atom stereocenters. The van der Waals surface area contributed by atoms with Gasteiger partial charge in [-0.3, -0.25) is 9.59 Å². The number of likely N-dealkylation sites (N-methyl/N-ethyl adjacent to an activating group) is 1. The van der Waals surface area contributed by atoms with E-state index in [1.807, 2.05) is 19.9 Å². The number of ether oxygens (including phenoxy) is 1. The van der Waals surface area contributed by atoms with E-state index >= 15 is 0 Å². The van der Waals surface area contributed by atoms with Gasteiger partial charge in [0.2, 0.25) is 5.43 Å². The van der Waals surface area contributed by atoms with Crippen molar-refractivity contribution in [3.63, 3.8) is 0 Å². The average molecular weight is 316 g/mol. The molecule has 2 N–H and O–H groups in total. The summed E-state index contributed by atoms with van der Waals surface area (Å²) in [6.07, 6.45) is 0.742. The number of aromatic nitrogens is 1.